The topological polar surface area (TPSA) is 95.9 Å². The van der Waals surface area contributed by atoms with Crippen LogP contribution in [-0.4, -0.2) is 59.6 Å². The highest BCUT2D eigenvalue weighted by Crippen LogP contribution is 2.13. The van der Waals surface area contributed by atoms with Crippen LogP contribution >= 0.6 is 0 Å². The lowest BCUT2D eigenvalue weighted by atomic mass is 10.1. The second-order valence-electron chi connectivity index (χ2n) is 4.88. The number of amides is 2. The van der Waals surface area contributed by atoms with Gasteiger partial charge in [-0.15, -0.1) is 0 Å². The van der Waals surface area contributed by atoms with Crippen LogP contribution in [0.25, 0.3) is 0 Å². The highest BCUT2D eigenvalue weighted by Gasteiger charge is 2.32. The standard InChI is InChI=1S/C13H22N2O5/c1-3-14-11(16)5-4-6-12(17)15-7-9(2)20-10(8-15)13(18)19/h9-10H,3-8H2,1-2H3,(H,14,16)(H,18,19)/t9-,10?/m1/s1. The van der Waals surface area contributed by atoms with Crippen LogP contribution in [0.3, 0.4) is 0 Å². The van der Waals surface area contributed by atoms with Gasteiger partial charge in [-0.25, -0.2) is 4.79 Å². The molecule has 1 aliphatic heterocycles. The van der Waals surface area contributed by atoms with E-state index in [1.165, 1.54) is 4.90 Å². The molecule has 0 aromatic carbocycles. The van der Waals surface area contributed by atoms with Crippen LogP contribution in [0.4, 0.5) is 0 Å². The fraction of sp³-hybridized carbons (Fsp3) is 0.769. The fourth-order valence-corrected chi connectivity index (χ4v) is 2.14. The van der Waals surface area contributed by atoms with E-state index in [4.69, 9.17) is 9.84 Å². The van der Waals surface area contributed by atoms with E-state index in [9.17, 15) is 14.4 Å². The number of hydrogen-bond acceptors (Lipinski definition) is 4. The smallest absolute Gasteiger partial charge is 0.334 e. The first-order valence-electron chi connectivity index (χ1n) is 6.86. The summed E-state index contributed by atoms with van der Waals surface area (Å²) in [6.07, 6.45) is -0.241. The Morgan fingerprint density at radius 3 is 2.60 bits per heavy atom. The van der Waals surface area contributed by atoms with Gasteiger partial charge in [0.1, 0.15) is 0 Å². The van der Waals surface area contributed by atoms with Gasteiger partial charge in [-0.2, -0.15) is 0 Å². The summed E-state index contributed by atoms with van der Waals surface area (Å²) in [6.45, 7) is 4.62. The number of nitrogens with zero attached hydrogens (tertiary/aromatic N) is 1. The molecule has 7 nitrogen and oxygen atoms in total. The van der Waals surface area contributed by atoms with Crippen LogP contribution < -0.4 is 5.32 Å². The van der Waals surface area contributed by atoms with Crippen molar-refractivity contribution in [3.05, 3.63) is 0 Å². The van der Waals surface area contributed by atoms with Gasteiger partial charge in [-0.05, 0) is 20.3 Å². The largest absolute Gasteiger partial charge is 0.479 e. The Morgan fingerprint density at radius 1 is 1.30 bits per heavy atom. The van der Waals surface area contributed by atoms with E-state index in [0.717, 1.165) is 0 Å². The average molecular weight is 286 g/mol. The van der Waals surface area contributed by atoms with Gasteiger partial charge in [0.2, 0.25) is 11.8 Å². The van der Waals surface area contributed by atoms with Crippen molar-refractivity contribution in [3.63, 3.8) is 0 Å². The maximum absolute atomic E-state index is 12.0. The Balaban J connectivity index is 2.38. The number of morpholine rings is 1. The molecule has 0 saturated carbocycles. The van der Waals surface area contributed by atoms with Gasteiger partial charge in [-0.1, -0.05) is 0 Å². The monoisotopic (exact) mass is 286 g/mol. The third-order valence-electron chi connectivity index (χ3n) is 3.06. The molecule has 1 rings (SSSR count). The van der Waals surface area contributed by atoms with Gasteiger partial charge in [0.15, 0.2) is 6.10 Å². The van der Waals surface area contributed by atoms with Crippen molar-refractivity contribution in [2.24, 2.45) is 0 Å². The number of carbonyl (C=O) groups excluding carboxylic acids is 2. The van der Waals surface area contributed by atoms with Crippen LogP contribution in [0.5, 0.6) is 0 Å². The minimum absolute atomic E-state index is 0.0691. The summed E-state index contributed by atoms with van der Waals surface area (Å²) in [4.78, 5) is 35.7. The minimum Gasteiger partial charge on any atom is -0.479 e. The molecule has 1 aliphatic rings. The molecule has 0 bridgehead atoms. The first kappa shape index (κ1) is 16.4. The first-order valence-corrected chi connectivity index (χ1v) is 6.86. The van der Waals surface area contributed by atoms with Crippen molar-refractivity contribution in [2.75, 3.05) is 19.6 Å². The van der Waals surface area contributed by atoms with Gasteiger partial charge in [-0.3, -0.25) is 9.59 Å². The van der Waals surface area contributed by atoms with E-state index in [1.807, 2.05) is 6.92 Å². The number of rotatable bonds is 6. The molecule has 2 atom stereocenters. The molecule has 0 aromatic heterocycles. The van der Waals surface area contributed by atoms with Gasteiger partial charge < -0.3 is 20.1 Å². The Kier molecular flexibility index (Phi) is 6.44. The van der Waals surface area contributed by atoms with Crippen molar-refractivity contribution in [2.45, 2.75) is 45.3 Å². The number of carbonyl (C=O) groups is 3. The zero-order valence-electron chi connectivity index (χ0n) is 11.9. The number of aliphatic carboxylic acids is 1. The van der Waals surface area contributed by atoms with Gasteiger partial charge in [0, 0.05) is 25.9 Å². The molecule has 20 heavy (non-hydrogen) atoms. The van der Waals surface area contributed by atoms with E-state index in [1.54, 1.807) is 6.92 Å². The van der Waals surface area contributed by atoms with Crippen molar-refractivity contribution in [3.8, 4) is 0 Å². The molecule has 1 fully saturated rings. The third kappa shape index (κ3) is 5.16. The maximum atomic E-state index is 12.0. The Labute approximate surface area is 118 Å². The molecule has 0 radical (unpaired) electrons. The van der Waals surface area contributed by atoms with E-state index >= 15 is 0 Å². The van der Waals surface area contributed by atoms with Crippen molar-refractivity contribution in [1.29, 1.82) is 0 Å². The zero-order chi connectivity index (χ0) is 15.1. The van der Waals surface area contributed by atoms with Crippen LogP contribution in [-0.2, 0) is 19.1 Å². The Morgan fingerprint density at radius 2 is 2.00 bits per heavy atom. The molecule has 1 unspecified atom stereocenters. The Bertz CT molecular complexity index is 372. The molecule has 2 N–H and O–H groups in total. The lowest BCUT2D eigenvalue weighted by Gasteiger charge is -2.35. The second kappa shape index (κ2) is 7.84. The number of carboxylic acids is 1. The predicted molar refractivity (Wildman–Crippen MR) is 71.1 cm³/mol. The number of nitrogens with one attached hydrogen (secondary N) is 1. The number of hydrogen-bond donors (Lipinski definition) is 2. The number of carboxylic acid groups (broad SMARTS) is 1. The van der Waals surface area contributed by atoms with E-state index in [2.05, 4.69) is 5.32 Å². The van der Waals surface area contributed by atoms with Gasteiger partial charge >= 0.3 is 5.97 Å². The molecular weight excluding hydrogens is 264 g/mol. The van der Waals surface area contributed by atoms with Crippen LogP contribution in [0.1, 0.15) is 33.1 Å². The fourth-order valence-electron chi connectivity index (χ4n) is 2.14. The zero-order valence-corrected chi connectivity index (χ0v) is 11.9. The summed E-state index contributed by atoms with van der Waals surface area (Å²) in [7, 11) is 0. The number of ether oxygens (including phenoxy) is 1. The first-order chi connectivity index (χ1) is 9.43. The predicted octanol–water partition coefficient (Wildman–Crippen LogP) is -0.00670. The molecule has 7 heteroatoms. The average Bonchev–Trinajstić information content (AvgIpc) is 2.38. The Hall–Kier alpha value is -1.63. The van der Waals surface area contributed by atoms with Crippen molar-refractivity contribution < 1.29 is 24.2 Å². The molecule has 0 spiro atoms. The van der Waals surface area contributed by atoms with E-state index < -0.39 is 12.1 Å². The summed E-state index contributed by atoms with van der Waals surface area (Å²) in [5.74, 6) is -1.26. The van der Waals surface area contributed by atoms with Crippen molar-refractivity contribution in [1.82, 2.24) is 10.2 Å². The highest BCUT2D eigenvalue weighted by molar-refractivity contribution is 5.80. The summed E-state index contributed by atoms with van der Waals surface area (Å²) in [6, 6.07) is 0. The second-order valence-corrected chi connectivity index (χ2v) is 4.88. The maximum Gasteiger partial charge on any atom is 0.334 e. The summed E-state index contributed by atoms with van der Waals surface area (Å²) in [5, 5.41) is 11.6. The van der Waals surface area contributed by atoms with Crippen LogP contribution in [0.15, 0.2) is 0 Å². The molecule has 2 amide bonds. The quantitative estimate of drug-likeness (QED) is 0.716. The van der Waals surface area contributed by atoms with Crippen LogP contribution in [0.2, 0.25) is 0 Å². The lowest BCUT2D eigenvalue weighted by molar-refractivity contribution is -0.166. The molecule has 0 aliphatic carbocycles. The molecular formula is C13H22N2O5. The van der Waals surface area contributed by atoms with Gasteiger partial charge in [0.05, 0.1) is 12.6 Å². The van der Waals surface area contributed by atoms with Crippen molar-refractivity contribution >= 4 is 17.8 Å². The highest BCUT2D eigenvalue weighted by atomic mass is 16.5. The molecule has 114 valence electrons. The molecule has 1 heterocycles. The summed E-state index contributed by atoms with van der Waals surface area (Å²) in [5.41, 5.74) is 0. The van der Waals surface area contributed by atoms with E-state index in [-0.39, 0.29) is 30.9 Å². The summed E-state index contributed by atoms with van der Waals surface area (Å²) < 4.78 is 5.25. The van der Waals surface area contributed by atoms with Gasteiger partial charge in [0.25, 0.3) is 0 Å². The molecule has 0 aromatic rings. The van der Waals surface area contributed by atoms with E-state index in [0.29, 0.717) is 25.9 Å². The minimum atomic E-state index is -1.06. The van der Waals surface area contributed by atoms with Crippen LogP contribution in [0, 0.1) is 0 Å². The third-order valence-corrected chi connectivity index (χ3v) is 3.06. The molecule has 1 saturated heterocycles. The lowest BCUT2D eigenvalue weighted by Crippen LogP contribution is -2.51. The summed E-state index contributed by atoms with van der Waals surface area (Å²) >= 11 is 0. The normalized spacial score (nSPS) is 22.4. The SMILES string of the molecule is CCNC(=O)CCCC(=O)N1CC(C(=O)O)O[C@H](C)C1.